The van der Waals surface area contributed by atoms with E-state index in [-0.39, 0.29) is 0 Å². The Morgan fingerprint density at radius 1 is 1.33 bits per heavy atom. The van der Waals surface area contributed by atoms with Gasteiger partial charge in [-0.3, -0.25) is 0 Å². The summed E-state index contributed by atoms with van der Waals surface area (Å²) in [7, 11) is 0. The van der Waals surface area contributed by atoms with Gasteiger partial charge in [-0.05, 0) is 24.6 Å². The summed E-state index contributed by atoms with van der Waals surface area (Å²) in [6, 6.07) is 6.29. The van der Waals surface area contributed by atoms with Crippen molar-refractivity contribution in [3.63, 3.8) is 0 Å². The van der Waals surface area contributed by atoms with Crippen molar-refractivity contribution in [1.29, 1.82) is 0 Å². The molecule has 4 nitrogen and oxygen atoms in total. The van der Waals surface area contributed by atoms with E-state index in [1.807, 2.05) is 0 Å². The molecule has 0 N–H and O–H groups in total. The van der Waals surface area contributed by atoms with E-state index < -0.39 is 0 Å². The number of aryl methyl sites for hydroxylation is 1. The lowest BCUT2D eigenvalue weighted by Gasteiger charge is -2.31. The molecule has 2 aromatic rings. The van der Waals surface area contributed by atoms with E-state index in [9.17, 15) is 0 Å². The molecular weight excluding hydrogens is 250 g/mol. The minimum Gasteiger partial charge on any atom is -0.378 e. The lowest BCUT2D eigenvalue weighted by atomic mass is 10.2. The van der Waals surface area contributed by atoms with Crippen molar-refractivity contribution in [1.82, 2.24) is 9.66 Å². The Balaban J connectivity index is 2.14. The maximum absolute atomic E-state index is 6.02. The highest BCUT2D eigenvalue weighted by Gasteiger charge is 2.18. The molecule has 1 aliphatic heterocycles. The monoisotopic (exact) mass is 265 g/mol. The van der Waals surface area contributed by atoms with Gasteiger partial charge in [0.1, 0.15) is 5.82 Å². The van der Waals surface area contributed by atoms with Crippen molar-refractivity contribution in [2.24, 2.45) is 0 Å². The van der Waals surface area contributed by atoms with Crippen LogP contribution in [0.1, 0.15) is 11.4 Å². The zero-order valence-corrected chi connectivity index (χ0v) is 11.2. The van der Waals surface area contributed by atoms with Gasteiger partial charge in [0.2, 0.25) is 0 Å². The number of aromatic nitrogens is 2. The zero-order chi connectivity index (χ0) is 12.5. The van der Waals surface area contributed by atoms with Gasteiger partial charge < -0.3 is 9.75 Å². The van der Waals surface area contributed by atoms with Gasteiger partial charge in [0.25, 0.3) is 0 Å². The second kappa shape index (κ2) is 4.78. The molecule has 0 atom stereocenters. The van der Waals surface area contributed by atoms with Crippen LogP contribution in [0.25, 0.3) is 11.0 Å². The number of alkyl halides is 1. The Kier molecular flexibility index (Phi) is 3.14. The van der Waals surface area contributed by atoms with Gasteiger partial charge in [-0.1, -0.05) is 6.07 Å². The summed E-state index contributed by atoms with van der Waals surface area (Å²) >= 11 is 6.02. The maximum atomic E-state index is 6.02. The summed E-state index contributed by atoms with van der Waals surface area (Å²) in [5.74, 6) is 1.32. The van der Waals surface area contributed by atoms with Crippen LogP contribution in [0.3, 0.4) is 0 Å². The standard InChI is InChI=1S/C13H16ClN3O/c1-10-2-3-11-12(8-10)17(13(9-14)15-11)16-4-6-18-7-5-16/h2-3,8H,4-7,9H2,1H3. The minimum atomic E-state index is 0.422. The van der Waals surface area contributed by atoms with Gasteiger partial charge in [0, 0.05) is 0 Å². The topological polar surface area (TPSA) is 30.3 Å². The summed E-state index contributed by atoms with van der Waals surface area (Å²) in [4.78, 5) is 4.60. The van der Waals surface area contributed by atoms with Crippen LogP contribution in [0.4, 0.5) is 0 Å². The molecule has 2 heterocycles. The number of hydrogen-bond acceptors (Lipinski definition) is 3. The van der Waals surface area contributed by atoms with Crippen molar-refractivity contribution in [3.8, 4) is 0 Å². The minimum absolute atomic E-state index is 0.422. The first kappa shape index (κ1) is 11.8. The smallest absolute Gasteiger partial charge is 0.143 e. The van der Waals surface area contributed by atoms with Gasteiger partial charge in [-0.15, -0.1) is 11.6 Å². The van der Waals surface area contributed by atoms with Gasteiger partial charge >= 0.3 is 0 Å². The van der Waals surface area contributed by atoms with Crippen molar-refractivity contribution < 1.29 is 4.74 Å². The summed E-state index contributed by atoms with van der Waals surface area (Å²) < 4.78 is 7.55. The molecule has 0 saturated carbocycles. The van der Waals surface area contributed by atoms with Crippen LogP contribution in [0, 0.1) is 6.92 Å². The van der Waals surface area contributed by atoms with Crippen molar-refractivity contribution >= 4 is 22.6 Å². The van der Waals surface area contributed by atoms with Crippen molar-refractivity contribution in [2.75, 3.05) is 31.3 Å². The molecular formula is C13H16ClN3O. The average molecular weight is 266 g/mol. The zero-order valence-electron chi connectivity index (χ0n) is 10.4. The van der Waals surface area contributed by atoms with E-state index in [1.54, 1.807) is 0 Å². The predicted octanol–water partition coefficient (Wildman–Crippen LogP) is 2.05. The van der Waals surface area contributed by atoms with Crippen LogP contribution in [0.15, 0.2) is 18.2 Å². The van der Waals surface area contributed by atoms with E-state index in [2.05, 4.69) is 39.8 Å². The molecule has 1 aromatic carbocycles. The summed E-state index contributed by atoms with van der Waals surface area (Å²) in [6.07, 6.45) is 0. The summed E-state index contributed by atoms with van der Waals surface area (Å²) in [5, 5.41) is 2.26. The number of rotatable bonds is 2. The fourth-order valence-corrected chi connectivity index (χ4v) is 2.55. The maximum Gasteiger partial charge on any atom is 0.143 e. The van der Waals surface area contributed by atoms with E-state index in [4.69, 9.17) is 16.3 Å². The largest absolute Gasteiger partial charge is 0.378 e. The van der Waals surface area contributed by atoms with Crippen LogP contribution in [0.2, 0.25) is 0 Å². The van der Waals surface area contributed by atoms with Crippen molar-refractivity contribution in [3.05, 3.63) is 29.6 Å². The number of benzene rings is 1. The third kappa shape index (κ3) is 1.95. The lowest BCUT2D eigenvalue weighted by Crippen LogP contribution is -2.44. The van der Waals surface area contributed by atoms with Gasteiger partial charge in [-0.2, -0.15) is 0 Å². The van der Waals surface area contributed by atoms with Crippen LogP contribution < -0.4 is 5.01 Å². The molecule has 1 fully saturated rings. The number of halogens is 1. The molecule has 0 radical (unpaired) electrons. The number of ether oxygens (including phenoxy) is 1. The Bertz CT molecular complexity index is 561. The van der Waals surface area contributed by atoms with Crippen LogP contribution >= 0.6 is 11.6 Å². The quantitative estimate of drug-likeness (QED) is 0.779. The molecule has 1 aliphatic rings. The van der Waals surface area contributed by atoms with E-state index in [1.165, 1.54) is 5.56 Å². The molecule has 0 unspecified atom stereocenters. The lowest BCUT2D eigenvalue weighted by molar-refractivity contribution is 0.111. The summed E-state index contributed by atoms with van der Waals surface area (Å²) in [6.45, 7) is 5.36. The molecule has 0 bridgehead atoms. The predicted molar refractivity (Wildman–Crippen MR) is 72.8 cm³/mol. The SMILES string of the molecule is Cc1ccc2nc(CCl)n(N3CCOCC3)c2c1. The van der Waals surface area contributed by atoms with E-state index in [0.29, 0.717) is 5.88 Å². The second-order valence-electron chi connectivity index (χ2n) is 4.53. The Labute approximate surface area is 111 Å². The van der Waals surface area contributed by atoms with Gasteiger partial charge in [0.05, 0.1) is 43.2 Å². The highest BCUT2D eigenvalue weighted by molar-refractivity contribution is 6.16. The number of fused-ring (bicyclic) bond motifs is 1. The molecule has 18 heavy (non-hydrogen) atoms. The molecule has 96 valence electrons. The Morgan fingerprint density at radius 3 is 2.83 bits per heavy atom. The number of imidazole rings is 1. The molecule has 0 amide bonds. The fraction of sp³-hybridized carbons (Fsp3) is 0.462. The van der Waals surface area contributed by atoms with Crippen LogP contribution in [-0.2, 0) is 10.6 Å². The molecule has 1 saturated heterocycles. The first-order valence-corrected chi connectivity index (χ1v) is 6.70. The molecule has 1 aromatic heterocycles. The van der Waals surface area contributed by atoms with Crippen LogP contribution in [0.5, 0.6) is 0 Å². The third-order valence-corrected chi connectivity index (χ3v) is 3.48. The average Bonchev–Trinajstić information content (AvgIpc) is 2.77. The molecule has 5 heteroatoms. The summed E-state index contributed by atoms with van der Waals surface area (Å²) in [5.41, 5.74) is 3.37. The Hall–Kier alpha value is -1.26. The second-order valence-corrected chi connectivity index (χ2v) is 4.80. The number of nitrogens with zero attached hydrogens (tertiary/aromatic N) is 3. The number of hydrogen-bond donors (Lipinski definition) is 0. The molecule has 3 rings (SSSR count). The molecule has 0 aliphatic carbocycles. The normalized spacial score (nSPS) is 16.4. The number of morpholine rings is 1. The first-order chi connectivity index (χ1) is 8.79. The molecule has 0 spiro atoms. The van der Waals surface area contributed by atoms with Crippen LogP contribution in [-0.4, -0.2) is 36.0 Å². The Morgan fingerprint density at radius 2 is 2.11 bits per heavy atom. The van der Waals surface area contributed by atoms with Gasteiger partial charge in [-0.25, -0.2) is 9.66 Å². The fourth-order valence-electron chi connectivity index (χ4n) is 2.38. The van der Waals surface area contributed by atoms with Crippen molar-refractivity contribution in [2.45, 2.75) is 12.8 Å². The highest BCUT2D eigenvalue weighted by atomic mass is 35.5. The first-order valence-electron chi connectivity index (χ1n) is 6.16. The van der Waals surface area contributed by atoms with Gasteiger partial charge in [0.15, 0.2) is 0 Å². The van der Waals surface area contributed by atoms with E-state index in [0.717, 1.165) is 43.2 Å². The highest BCUT2D eigenvalue weighted by Crippen LogP contribution is 2.20. The third-order valence-electron chi connectivity index (χ3n) is 3.24. The van der Waals surface area contributed by atoms with E-state index >= 15 is 0 Å².